The van der Waals surface area contributed by atoms with Crippen molar-refractivity contribution in [1.29, 1.82) is 0 Å². The smallest absolute Gasteiger partial charge is 0.379 e. The zero-order valence-corrected chi connectivity index (χ0v) is 16.8. The summed E-state index contributed by atoms with van der Waals surface area (Å²) in [6.45, 7) is 7.48. The maximum absolute atomic E-state index is 12.3. The SMILES string of the molecule is CCOC(=O)C(=O)c1ccc2c(c1)C(C)(C)c1cc(C(=O)C(=O)OCC)ccc1-2. The molecule has 2 aromatic rings. The van der Waals surface area contributed by atoms with Gasteiger partial charge in [-0.05, 0) is 48.2 Å². The Morgan fingerprint density at radius 3 is 1.45 bits per heavy atom. The molecule has 6 heteroatoms. The second-order valence-electron chi connectivity index (χ2n) is 7.24. The molecule has 0 fully saturated rings. The van der Waals surface area contributed by atoms with E-state index in [1.54, 1.807) is 50.2 Å². The van der Waals surface area contributed by atoms with Gasteiger partial charge in [-0.2, -0.15) is 0 Å². The van der Waals surface area contributed by atoms with Crippen LogP contribution in [-0.2, 0) is 24.5 Å². The Kier molecular flexibility index (Phi) is 5.38. The number of fused-ring (bicyclic) bond motifs is 3. The van der Waals surface area contributed by atoms with E-state index in [2.05, 4.69) is 0 Å². The summed E-state index contributed by atoms with van der Waals surface area (Å²) in [7, 11) is 0. The second-order valence-corrected chi connectivity index (χ2v) is 7.24. The van der Waals surface area contributed by atoms with Crippen molar-refractivity contribution in [2.24, 2.45) is 0 Å². The lowest BCUT2D eigenvalue weighted by Crippen LogP contribution is -2.21. The molecule has 29 heavy (non-hydrogen) atoms. The van der Waals surface area contributed by atoms with Crippen molar-refractivity contribution in [1.82, 2.24) is 0 Å². The highest BCUT2D eigenvalue weighted by Gasteiger charge is 2.37. The van der Waals surface area contributed by atoms with E-state index in [4.69, 9.17) is 9.47 Å². The van der Waals surface area contributed by atoms with Gasteiger partial charge in [0, 0.05) is 16.5 Å². The number of hydrogen-bond acceptors (Lipinski definition) is 6. The van der Waals surface area contributed by atoms with Gasteiger partial charge in [-0.15, -0.1) is 0 Å². The number of ketones is 2. The molecule has 0 bridgehead atoms. The minimum atomic E-state index is -0.886. The van der Waals surface area contributed by atoms with Gasteiger partial charge < -0.3 is 9.47 Å². The lowest BCUT2D eigenvalue weighted by Gasteiger charge is -2.22. The van der Waals surface area contributed by atoms with E-state index in [9.17, 15) is 19.2 Å². The topological polar surface area (TPSA) is 86.7 Å². The van der Waals surface area contributed by atoms with E-state index in [1.165, 1.54) is 0 Å². The van der Waals surface area contributed by atoms with Crippen molar-refractivity contribution in [3.63, 3.8) is 0 Å². The minimum absolute atomic E-state index is 0.129. The molecule has 150 valence electrons. The van der Waals surface area contributed by atoms with Crippen LogP contribution in [0.15, 0.2) is 36.4 Å². The maximum atomic E-state index is 12.3. The number of hydrogen-bond donors (Lipinski definition) is 0. The molecule has 0 amide bonds. The highest BCUT2D eigenvalue weighted by Crippen LogP contribution is 2.49. The second kappa shape index (κ2) is 7.62. The summed E-state index contributed by atoms with van der Waals surface area (Å²) in [5, 5.41) is 0. The van der Waals surface area contributed by atoms with Crippen LogP contribution in [0, 0.1) is 0 Å². The van der Waals surface area contributed by atoms with Crippen LogP contribution in [0.3, 0.4) is 0 Å². The van der Waals surface area contributed by atoms with Gasteiger partial charge >= 0.3 is 11.9 Å². The molecule has 2 aromatic carbocycles. The number of Topliss-reactive ketones (excluding diaryl/α,β-unsaturated/α-hetero) is 2. The van der Waals surface area contributed by atoms with E-state index in [0.717, 1.165) is 22.3 Å². The van der Waals surface area contributed by atoms with E-state index in [0.29, 0.717) is 0 Å². The Morgan fingerprint density at radius 2 is 1.10 bits per heavy atom. The third kappa shape index (κ3) is 3.46. The van der Waals surface area contributed by atoms with Crippen LogP contribution in [0.25, 0.3) is 11.1 Å². The molecule has 0 saturated carbocycles. The Bertz CT molecular complexity index is 950. The van der Waals surface area contributed by atoms with Gasteiger partial charge in [0.1, 0.15) is 0 Å². The van der Waals surface area contributed by atoms with Crippen LogP contribution in [0.1, 0.15) is 59.5 Å². The van der Waals surface area contributed by atoms with Gasteiger partial charge in [0.15, 0.2) is 0 Å². The minimum Gasteiger partial charge on any atom is -0.460 e. The largest absolute Gasteiger partial charge is 0.460 e. The number of carbonyl (C=O) groups is 4. The van der Waals surface area contributed by atoms with Crippen LogP contribution in [0.5, 0.6) is 0 Å². The van der Waals surface area contributed by atoms with Crippen LogP contribution in [0.2, 0.25) is 0 Å². The van der Waals surface area contributed by atoms with Crippen molar-refractivity contribution in [2.45, 2.75) is 33.1 Å². The standard InChI is InChI=1S/C23H22O6/c1-5-28-21(26)19(24)13-7-9-15-16-10-8-14(20(25)22(27)29-6-2)12-18(16)23(3,4)17(15)11-13/h7-12H,5-6H2,1-4H3. The van der Waals surface area contributed by atoms with Gasteiger partial charge in [-0.25, -0.2) is 9.59 Å². The molecule has 0 N–H and O–H groups in total. The zero-order chi connectivity index (χ0) is 21.3. The van der Waals surface area contributed by atoms with Crippen molar-refractivity contribution in [3.05, 3.63) is 58.7 Å². The first-order valence-corrected chi connectivity index (χ1v) is 9.44. The molecule has 0 unspecified atom stereocenters. The molecule has 0 atom stereocenters. The molecule has 1 aliphatic carbocycles. The summed E-state index contributed by atoms with van der Waals surface area (Å²) in [4.78, 5) is 48.3. The summed E-state index contributed by atoms with van der Waals surface area (Å²) in [6.07, 6.45) is 0. The van der Waals surface area contributed by atoms with E-state index in [1.807, 2.05) is 13.8 Å². The van der Waals surface area contributed by atoms with E-state index in [-0.39, 0.29) is 24.3 Å². The molecule has 0 aromatic heterocycles. The summed E-state index contributed by atoms with van der Waals surface area (Å²) in [6, 6.07) is 10.2. The number of ether oxygens (including phenoxy) is 2. The molecular weight excluding hydrogens is 372 g/mol. The molecule has 1 aliphatic rings. The normalized spacial score (nSPS) is 13.2. The fraction of sp³-hybridized carbons (Fsp3) is 0.304. The van der Waals surface area contributed by atoms with E-state index >= 15 is 0 Å². The molecule has 0 aliphatic heterocycles. The molecule has 0 heterocycles. The predicted molar refractivity (Wildman–Crippen MR) is 106 cm³/mol. The molecule has 6 nitrogen and oxygen atoms in total. The number of esters is 2. The number of rotatable bonds is 6. The van der Waals surface area contributed by atoms with Crippen molar-refractivity contribution >= 4 is 23.5 Å². The number of carbonyl (C=O) groups excluding carboxylic acids is 4. The molecule has 3 rings (SSSR count). The summed E-state index contributed by atoms with van der Waals surface area (Å²) < 4.78 is 9.61. The number of benzene rings is 2. The van der Waals surface area contributed by atoms with Gasteiger partial charge in [-0.1, -0.05) is 38.1 Å². The fourth-order valence-corrected chi connectivity index (χ4v) is 3.65. The van der Waals surface area contributed by atoms with Gasteiger partial charge in [-0.3, -0.25) is 9.59 Å². The highest BCUT2D eigenvalue weighted by molar-refractivity contribution is 6.41. The Balaban J connectivity index is 2.02. The summed E-state index contributed by atoms with van der Waals surface area (Å²) in [5.41, 5.74) is 3.55. The average molecular weight is 394 g/mol. The first kappa shape index (κ1) is 20.5. The predicted octanol–water partition coefficient (Wildman–Crippen LogP) is 3.48. The molecule has 0 radical (unpaired) electrons. The maximum Gasteiger partial charge on any atom is 0.379 e. The Morgan fingerprint density at radius 1 is 0.724 bits per heavy atom. The molecule has 0 spiro atoms. The fourth-order valence-electron chi connectivity index (χ4n) is 3.65. The Labute approximate surface area is 168 Å². The van der Waals surface area contributed by atoms with Gasteiger partial charge in [0.25, 0.3) is 11.6 Å². The highest BCUT2D eigenvalue weighted by atomic mass is 16.5. The van der Waals surface area contributed by atoms with Crippen LogP contribution in [-0.4, -0.2) is 36.7 Å². The Hall–Kier alpha value is -3.28. The van der Waals surface area contributed by atoms with Gasteiger partial charge in [0.2, 0.25) is 0 Å². The first-order valence-electron chi connectivity index (χ1n) is 9.44. The third-order valence-electron chi connectivity index (χ3n) is 5.12. The molecule has 0 saturated heterocycles. The first-order chi connectivity index (χ1) is 13.7. The van der Waals surface area contributed by atoms with E-state index < -0.39 is 28.9 Å². The third-order valence-corrected chi connectivity index (χ3v) is 5.12. The van der Waals surface area contributed by atoms with Gasteiger partial charge in [0.05, 0.1) is 13.2 Å². The zero-order valence-electron chi connectivity index (χ0n) is 16.8. The van der Waals surface area contributed by atoms with Crippen LogP contribution < -0.4 is 0 Å². The van der Waals surface area contributed by atoms with Crippen molar-refractivity contribution < 1.29 is 28.7 Å². The molecular formula is C23H22O6. The van der Waals surface area contributed by atoms with Crippen LogP contribution >= 0.6 is 0 Å². The van der Waals surface area contributed by atoms with Crippen LogP contribution in [0.4, 0.5) is 0 Å². The average Bonchev–Trinajstić information content (AvgIpc) is 2.93. The lowest BCUT2D eigenvalue weighted by atomic mass is 9.81. The summed E-state index contributed by atoms with van der Waals surface area (Å²) in [5.74, 6) is -3.16. The monoisotopic (exact) mass is 394 g/mol. The van der Waals surface area contributed by atoms with Crippen molar-refractivity contribution in [2.75, 3.05) is 13.2 Å². The lowest BCUT2D eigenvalue weighted by molar-refractivity contribution is -0.138. The quantitative estimate of drug-likeness (QED) is 0.423. The summed E-state index contributed by atoms with van der Waals surface area (Å²) >= 11 is 0. The van der Waals surface area contributed by atoms with Crippen molar-refractivity contribution in [3.8, 4) is 11.1 Å².